The second kappa shape index (κ2) is 12.6. The van der Waals surface area contributed by atoms with Crippen LogP contribution < -0.4 is 14.4 Å². The number of rotatable bonds is 12. The molecule has 2 amide bonds. The minimum absolute atomic E-state index is 0.0492. The van der Waals surface area contributed by atoms with Crippen molar-refractivity contribution in [2.45, 2.75) is 59.2 Å². The number of nitrogens with one attached hydrogen (secondary N) is 1. The minimum Gasteiger partial charge on any atom is -0.497 e. The molecule has 2 aromatic carbocycles. The number of hydrogen-bond acceptors (Lipinski definition) is 5. The van der Waals surface area contributed by atoms with E-state index in [0.29, 0.717) is 17.9 Å². The third-order valence-electron chi connectivity index (χ3n) is 6.00. The molecule has 1 N–H and O–H groups in total. The molecule has 35 heavy (non-hydrogen) atoms. The first-order valence-electron chi connectivity index (χ1n) is 11.8. The monoisotopic (exact) mass is 503 g/mol. The molecule has 0 radical (unpaired) electrons. The first kappa shape index (κ1) is 28.2. The standard InChI is InChI=1S/C26H37N3O5S/c1-7-19(3)27-26(31)20(4)28(17-21-13-15-23(34-5)16-14-21)25(30)18-29(35(6,32)33)24-12-10-9-11-22(24)8-2/h9-16,19-20H,7-8,17-18H2,1-6H3,(H,27,31)/t19-,20-/m1/s1. The number of aryl methyl sites for hydroxylation is 1. The van der Waals surface area contributed by atoms with E-state index in [-0.39, 0.29) is 18.5 Å². The second-order valence-corrected chi connectivity index (χ2v) is 10.5. The lowest BCUT2D eigenvalue weighted by Crippen LogP contribution is -2.52. The topological polar surface area (TPSA) is 96.0 Å². The number of amides is 2. The summed E-state index contributed by atoms with van der Waals surface area (Å²) in [6, 6.07) is 13.5. The Morgan fingerprint density at radius 1 is 1.03 bits per heavy atom. The van der Waals surface area contributed by atoms with Gasteiger partial charge in [-0.05, 0) is 56.0 Å². The van der Waals surface area contributed by atoms with Gasteiger partial charge >= 0.3 is 0 Å². The lowest BCUT2D eigenvalue weighted by atomic mass is 10.1. The van der Waals surface area contributed by atoms with Gasteiger partial charge in [0.1, 0.15) is 18.3 Å². The van der Waals surface area contributed by atoms with Gasteiger partial charge in [-0.15, -0.1) is 0 Å². The third kappa shape index (κ3) is 7.71. The van der Waals surface area contributed by atoms with Gasteiger partial charge in [0.2, 0.25) is 21.8 Å². The van der Waals surface area contributed by atoms with Gasteiger partial charge in [0.05, 0.1) is 19.1 Å². The number of nitrogens with zero attached hydrogens (tertiary/aromatic N) is 2. The van der Waals surface area contributed by atoms with Crippen LogP contribution in [0.2, 0.25) is 0 Å². The summed E-state index contributed by atoms with van der Waals surface area (Å²) in [5.74, 6) is -0.0846. The van der Waals surface area contributed by atoms with Gasteiger partial charge in [-0.2, -0.15) is 0 Å². The van der Waals surface area contributed by atoms with E-state index in [2.05, 4.69) is 5.32 Å². The van der Waals surface area contributed by atoms with E-state index in [1.54, 1.807) is 38.3 Å². The van der Waals surface area contributed by atoms with E-state index in [4.69, 9.17) is 4.74 Å². The maximum atomic E-state index is 13.6. The van der Waals surface area contributed by atoms with Crippen LogP contribution in [0.15, 0.2) is 48.5 Å². The molecule has 2 aromatic rings. The van der Waals surface area contributed by atoms with Crippen molar-refractivity contribution in [1.82, 2.24) is 10.2 Å². The number of carbonyl (C=O) groups excluding carboxylic acids is 2. The first-order chi connectivity index (χ1) is 16.5. The smallest absolute Gasteiger partial charge is 0.244 e. The Bertz CT molecular complexity index is 1100. The average molecular weight is 504 g/mol. The maximum Gasteiger partial charge on any atom is 0.244 e. The van der Waals surface area contributed by atoms with Crippen LogP contribution in [0.5, 0.6) is 5.75 Å². The molecule has 0 aliphatic heterocycles. The quantitative estimate of drug-likeness (QED) is 0.479. The van der Waals surface area contributed by atoms with Crippen molar-refractivity contribution in [3.8, 4) is 5.75 Å². The Morgan fingerprint density at radius 2 is 1.66 bits per heavy atom. The van der Waals surface area contributed by atoms with Gasteiger partial charge in [-0.3, -0.25) is 13.9 Å². The number of methoxy groups -OCH3 is 1. The predicted octanol–water partition coefficient (Wildman–Crippen LogP) is 3.36. The van der Waals surface area contributed by atoms with Crippen molar-refractivity contribution in [3.63, 3.8) is 0 Å². The molecule has 0 aromatic heterocycles. The largest absolute Gasteiger partial charge is 0.497 e. The van der Waals surface area contributed by atoms with Gasteiger partial charge in [0.15, 0.2) is 0 Å². The molecule has 2 rings (SSSR count). The highest BCUT2D eigenvalue weighted by atomic mass is 32.2. The molecule has 0 unspecified atom stereocenters. The molecule has 0 saturated carbocycles. The summed E-state index contributed by atoms with van der Waals surface area (Å²) in [7, 11) is -2.19. The fraction of sp³-hybridized carbons (Fsp3) is 0.462. The first-order valence-corrected chi connectivity index (χ1v) is 13.6. The van der Waals surface area contributed by atoms with Crippen LogP contribution in [0.3, 0.4) is 0 Å². The number of sulfonamides is 1. The summed E-state index contributed by atoms with van der Waals surface area (Å²) in [4.78, 5) is 28.0. The molecule has 0 spiro atoms. The van der Waals surface area contributed by atoms with Crippen LogP contribution in [0, 0.1) is 0 Å². The van der Waals surface area contributed by atoms with Crippen molar-refractivity contribution < 1.29 is 22.7 Å². The Balaban J connectivity index is 2.41. The van der Waals surface area contributed by atoms with Gasteiger partial charge in [-0.1, -0.05) is 44.2 Å². The minimum atomic E-state index is -3.76. The SMILES string of the molecule is CCc1ccccc1N(CC(=O)N(Cc1ccc(OC)cc1)[C@H](C)C(=O)N[C@H](C)CC)S(C)(=O)=O. The lowest BCUT2D eigenvalue weighted by Gasteiger charge is -2.32. The normalized spacial score (nSPS) is 13.0. The van der Waals surface area contributed by atoms with Crippen molar-refractivity contribution >= 4 is 27.5 Å². The molecule has 0 aliphatic rings. The van der Waals surface area contributed by atoms with Gasteiger partial charge in [0, 0.05) is 12.6 Å². The Morgan fingerprint density at radius 3 is 2.20 bits per heavy atom. The fourth-order valence-electron chi connectivity index (χ4n) is 3.62. The van der Waals surface area contributed by atoms with Crippen LogP contribution >= 0.6 is 0 Å². The van der Waals surface area contributed by atoms with E-state index < -0.39 is 28.5 Å². The lowest BCUT2D eigenvalue weighted by molar-refractivity contribution is -0.139. The highest BCUT2D eigenvalue weighted by Gasteiger charge is 2.31. The molecule has 0 fully saturated rings. The van der Waals surface area contributed by atoms with Gasteiger partial charge < -0.3 is 15.0 Å². The number of ether oxygens (including phenoxy) is 1. The Kier molecular flexibility index (Phi) is 10.1. The summed E-state index contributed by atoms with van der Waals surface area (Å²) in [5, 5.41) is 2.92. The van der Waals surface area contributed by atoms with Crippen molar-refractivity contribution in [3.05, 3.63) is 59.7 Å². The number of hydrogen-bond donors (Lipinski definition) is 1. The molecule has 0 bridgehead atoms. The van der Waals surface area contributed by atoms with Crippen LogP contribution in [-0.2, 0) is 32.6 Å². The van der Waals surface area contributed by atoms with Crippen molar-refractivity contribution in [2.24, 2.45) is 0 Å². The molecule has 0 saturated heterocycles. The molecular weight excluding hydrogens is 466 g/mol. The summed E-state index contributed by atoms with van der Waals surface area (Å²) in [6.07, 6.45) is 2.44. The zero-order valence-corrected chi connectivity index (χ0v) is 22.3. The van der Waals surface area contributed by atoms with E-state index in [9.17, 15) is 18.0 Å². The Labute approximate surface area is 209 Å². The van der Waals surface area contributed by atoms with Crippen LogP contribution in [-0.4, -0.2) is 57.1 Å². The summed E-state index contributed by atoms with van der Waals surface area (Å²) in [5.41, 5.74) is 2.07. The summed E-state index contributed by atoms with van der Waals surface area (Å²) < 4.78 is 31.8. The zero-order valence-electron chi connectivity index (χ0n) is 21.4. The molecule has 0 heterocycles. The van der Waals surface area contributed by atoms with Crippen LogP contribution in [0.4, 0.5) is 5.69 Å². The van der Waals surface area contributed by atoms with E-state index in [0.717, 1.165) is 28.1 Å². The van der Waals surface area contributed by atoms with Crippen molar-refractivity contribution in [2.75, 3.05) is 24.2 Å². The Hall–Kier alpha value is -3.07. The second-order valence-electron chi connectivity index (χ2n) is 8.62. The van der Waals surface area contributed by atoms with E-state index in [1.807, 2.05) is 45.0 Å². The molecule has 2 atom stereocenters. The summed E-state index contributed by atoms with van der Waals surface area (Å²) in [6.45, 7) is 7.18. The number of anilines is 1. The molecule has 192 valence electrons. The van der Waals surface area contributed by atoms with Crippen molar-refractivity contribution in [1.29, 1.82) is 0 Å². The van der Waals surface area contributed by atoms with E-state index >= 15 is 0 Å². The molecule has 0 aliphatic carbocycles. The molecular formula is C26H37N3O5S. The third-order valence-corrected chi connectivity index (χ3v) is 7.13. The predicted molar refractivity (Wildman–Crippen MR) is 139 cm³/mol. The van der Waals surface area contributed by atoms with Crippen LogP contribution in [0.1, 0.15) is 45.2 Å². The van der Waals surface area contributed by atoms with E-state index in [1.165, 1.54) is 4.90 Å². The van der Waals surface area contributed by atoms with Gasteiger partial charge in [-0.25, -0.2) is 8.42 Å². The average Bonchev–Trinajstić information content (AvgIpc) is 2.84. The van der Waals surface area contributed by atoms with Crippen LogP contribution in [0.25, 0.3) is 0 Å². The summed E-state index contributed by atoms with van der Waals surface area (Å²) >= 11 is 0. The highest BCUT2D eigenvalue weighted by molar-refractivity contribution is 7.92. The number of carbonyl (C=O) groups is 2. The molecule has 8 nitrogen and oxygen atoms in total. The number of benzene rings is 2. The molecule has 9 heteroatoms. The number of para-hydroxylation sites is 1. The van der Waals surface area contributed by atoms with Gasteiger partial charge in [0.25, 0.3) is 0 Å². The maximum absolute atomic E-state index is 13.6. The zero-order chi connectivity index (χ0) is 26.2. The fourth-order valence-corrected chi connectivity index (χ4v) is 4.50. The highest BCUT2D eigenvalue weighted by Crippen LogP contribution is 2.24.